The summed E-state index contributed by atoms with van der Waals surface area (Å²) in [7, 11) is 3.85. The normalized spacial score (nSPS) is 19.1. The van der Waals surface area contributed by atoms with Crippen LogP contribution in [0.1, 0.15) is 22.0 Å². The number of hydrogen-bond acceptors (Lipinski definition) is 5. The van der Waals surface area contributed by atoms with E-state index in [9.17, 15) is 24.5 Å². The zero-order valence-corrected chi connectivity index (χ0v) is 16.2. The predicted octanol–water partition coefficient (Wildman–Crippen LogP) is 0.691. The molecule has 2 aromatic rings. The fourth-order valence-corrected chi connectivity index (χ4v) is 3.52. The lowest BCUT2D eigenvalue weighted by Crippen LogP contribution is -3.06. The van der Waals surface area contributed by atoms with Crippen molar-refractivity contribution in [3.05, 3.63) is 75.8 Å². The molecular formula is C21H22N3O5+. The van der Waals surface area contributed by atoms with E-state index < -0.39 is 34.4 Å². The predicted molar refractivity (Wildman–Crippen MR) is 104 cm³/mol. The van der Waals surface area contributed by atoms with E-state index in [0.717, 1.165) is 4.90 Å². The summed E-state index contributed by atoms with van der Waals surface area (Å²) in [6.45, 7) is 0.891. The van der Waals surface area contributed by atoms with Gasteiger partial charge in [0, 0.05) is 17.7 Å². The minimum absolute atomic E-state index is 0.0976. The molecule has 0 saturated carbocycles. The van der Waals surface area contributed by atoms with E-state index >= 15 is 0 Å². The topological polar surface area (TPSA) is 102 Å². The fourth-order valence-electron chi connectivity index (χ4n) is 3.52. The summed E-state index contributed by atoms with van der Waals surface area (Å²) in [5, 5.41) is 11.0. The monoisotopic (exact) mass is 396 g/mol. The maximum atomic E-state index is 13.1. The number of benzene rings is 2. The van der Waals surface area contributed by atoms with Crippen molar-refractivity contribution in [3.8, 4) is 0 Å². The number of amides is 1. The summed E-state index contributed by atoms with van der Waals surface area (Å²) < 4.78 is 0. The molecule has 1 heterocycles. The molecule has 1 saturated heterocycles. The van der Waals surface area contributed by atoms with Gasteiger partial charge in [-0.25, -0.2) is 0 Å². The third kappa shape index (κ3) is 4.07. The number of nitro groups is 1. The van der Waals surface area contributed by atoms with Crippen molar-refractivity contribution >= 4 is 23.2 Å². The summed E-state index contributed by atoms with van der Waals surface area (Å²) in [4.78, 5) is 51.6. The Morgan fingerprint density at radius 1 is 1.07 bits per heavy atom. The van der Waals surface area contributed by atoms with E-state index in [-0.39, 0.29) is 5.69 Å². The van der Waals surface area contributed by atoms with Gasteiger partial charge in [-0.15, -0.1) is 0 Å². The number of hydrogen-bond donors (Lipinski definition) is 1. The summed E-state index contributed by atoms with van der Waals surface area (Å²) in [5.41, 5.74) is 0.781. The van der Waals surface area contributed by atoms with Gasteiger partial charge < -0.3 is 9.80 Å². The first-order valence-electron chi connectivity index (χ1n) is 9.28. The average Bonchev–Trinajstić information content (AvgIpc) is 2.97. The fraction of sp³-hybridized carbons (Fsp3) is 0.286. The second-order valence-corrected chi connectivity index (χ2v) is 7.32. The second kappa shape index (κ2) is 8.32. The van der Waals surface area contributed by atoms with E-state index in [4.69, 9.17) is 0 Å². The standard InChI is InChI=1S/C21H21N3O5/c1-22(2)12-13-23-18(14-8-10-16(11-9-14)24(28)29)17(20(26)21(23)27)19(25)15-6-4-3-5-7-15/h3-11,17-18H,12-13H2,1-2H3/p+1. The summed E-state index contributed by atoms with van der Waals surface area (Å²) in [6, 6.07) is 13.3. The first kappa shape index (κ1) is 20.3. The highest BCUT2D eigenvalue weighted by Crippen LogP contribution is 2.38. The van der Waals surface area contributed by atoms with Crippen LogP contribution in [0.5, 0.6) is 0 Å². The number of likely N-dealkylation sites (tertiary alicyclic amines) is 1. The molecule has 1 aliphatic rings. The maximum Gasteiger partial charge on any atom is 0.291 e. The molecule has 1 amide bonds. The molecule has 1 aliphatic heterocycles. The Kier molecular flexibility index (Phi) is 5.84. The smallest absolute Gasteiger partial charge is 0.291 e. The molecule has 0 bridgehead atoms. The molecule has 0 aromatic heterocycles. The molecule has 0 aliphatic carbocycles. The van der Waals surface area contributed by atoms with Crippen LogP contribution in [-0.4, -0.2) is 54.5 Å². The largest absolute Gasteiger partial charge is 0.338 e. The molecule has 0 radical (unpaired) electrons. The Morgan fingerprint density at radius 3 is 2.24 bits per heavy atom. The number of Topliss-reactive ketones (excluding diaryl/α,β-unsaturated/α-hetero) is 2. The van der Waals surface area contributed by atoms with Crippen molar-refractivity contribution in [1.29, 1.82) is 0 Å². The van der Waals surface area contributed by atoms with Crippen LogP contribution in [0, 0.1) is 16.0 Å². The molecule has 0 spiro atoms. The SMILES string of the molecule is C[NH+](C)CCN1C(=O)C(=O)C(C(=O)c2ccccc2)C1c1ccc([N+](=O)[O-])cc1. The molecule has 3 rings (SSSR count). The van der Waals surface area contributed by atoms with Crippen LogP contribution in [-0.2, 0) is 9.59 Å². The summed E-state index contributed by atoms with van der Waals surface area (Å²) in [6.07, 6.45) is 0. The van der Waals surface area contributed by atoms with Gasteiger partial charge >= 0.3 is 0 Å². The van der Waals surface area contributed by atoms with Gasteiger partial charge in [-0.2, -0.15) is 0 Å². The third-order valence-corrected chi connectivity index (χ3v) is 5.04. The first-order valence-corrected chi connectivity index (χ1v) is 9.28. The molecule has 8 heteroatoms. The van der Waals surface area contributed by atoms with Gasteiger partial charge in [0.15, 0.2) is 5.78 Å². The van der Waals surface area contributed by atoms with Gasteiger partial charge in [0.2, 0.25) is 5.78 Å². The zero-order chi connectivity index (χ0) is 21.1. The maximum absolute atomic E-state index is 13.1. The number of nitro benzene ring substituents is 1. The second-order valence-electron chi connectivity index (χ2n) is 7.32. The number of nitrogens with one attached hydrogen (secondary N) is 1. The molecule has 29 heavy (non-hydrogen) atoms. The number of quaternary nitrogens is 1. The van der Waals surface area contributed by atoms with E-state index in [2.05, 4.69) is 0 Å². The summed E-state index contributed by atoms with van der Waals surface area (Å²) >= 11 is 0. The molecule has 1 fully saturated rings. The van der Waals surface area contributed by atoms with Crippen molar-refractivity contribution in [2.45, 2.75) is 6.04 Å². The Balaban J connectivity index is 2.04. The van der Waals surface area contributed by atoms with Crippen molar-refractivity contribution in [3.63, 3.8) is 0 Å². The van der Waals surface area contributed by atoms with Crippen LogP contribution >= 0.6 is 0 Å². The lowest BCUT2D eigenvalue weighted by molar-refractivity contribution is -0.857. The van der Waals surface area contributed by atoms with E-state index in [1.54, 1.807) is 30.3 Å². The molecule has 2 aromatic carbocycles. The van der Waals surface area contributed by atoms with Gasteiger partial charge in [-0.05, 0) is 5.56 Å². The van der Waals surface area contributed by atoms with Crippen LogP contribution in [0.4, 0.5) is 5.69 Å². The molecule has 1 N–H and O–H groups in total. The van der Waals surface area contributed by atoms with Crippen molar-refractivity contribution < 1.29 is 24.2 Å². The minimum Gasteiger partial charge on any atom is -0.338 e. The van der Waals surface area contributed by atoms with Crippen LogP contribution in [0.3, 0.4) is 0 Å². The van der Waals surface area contributed by atoms with E-state index in [1.165, 1.54) is 29.2 Å². The lowest BCUT2D eigenvalue weighted by Gasteiger charge is -2.27. The number of non-ortho nitro benzene ring substituents is 1. The van der Waals surface area contributed by atoms with Crippen molar-refractivity contribution in [2.75, 3.05) is 27.2 Å². The van der Waals surface area contributed by atoms with Crippen molar-refractivity contribution in [1.82, 2.24) is 4.90 Å². The third-order valence-electron chi connectivity index (χ3n) is 5.04. The Morgan fingerprint density at radius 2 is 1.69 bits per heavy atom. The number of nitrogens with zero attached hydrogens (tertiary/aromatic N) is 2. The van der Waals surface area contributed by atoms with Crippen LogP contribution < -0.4 is 4.90 Å². The molecule has 8 nitrogen and oxygen atoms in total. The van der Waals surface area contributed by atoms with E-state index in [0.29, 0.717) is 24.2 Å². The van der Waals surface area contributed by atoms with Crippen LogP contribution in [0.15, 0.2) is 54.6 Å². The number of likely N-dealkylation sites (N-methyl/N-ethyl adjacent to an activating group) is 1. The average molecular weight is 396 g/mol. The minimum atomic E-state index is -1.18. The Bertz CT molecular complexity index is 941. The lowest BCUT2D eigenvalue weighted by atomic mass is 9.86. The molecule has 2 atom stereocenters. The highest BCUT2D eigenvalue weighted by Gasteiger charge is 2.51. The van der Waals surface area contributed by atoms with Gasteiger partial charge in [-0.3, -0.25) is 24.5 Å². The Labute approximate surface area is 167 Å². The molecular weight excluding hydrogens is 374 g/mol. The van der Waals surface area contributed by atoms with Gasteiger partial charge in [-0.1, -0.05) is 42.5 Å². The quantitative estimate of drug-likeness (QED) is 0.244. The first-order chi connectivity index (χ1) is 13.8. The van der Waals surface area contributed by atoms with Gasteiger partial charge in [0.1, 0.15) is 5.92 Å². The van der Waals surface area contributed by atoms with E-state index in [1.807, 2.05) is 14.1 Å². The number of rotatable bonds is 7. The molecule has 150 valence electrons. The Hall–Kier alpha value is -3.39. The zero-order valence-electron chi connectivity index (χ0n) is 16.2. The number of carbonyl (C=O) groups excluding carboxylic acids is 3. The van der Waals surface area contributed by atoms with Gasteiger partial charge in [0.25, 0.3) is 11.6 Å². The highest BCUT2D eigenvalue weighted by atomic mass is 16.6. The van der Waals surface area contributed by atoms with Crippen LogP contribution in [0.2, 0.25) is 0 Å². The van der Waals surface area contributed by atoms with Crippen molar-refractivity contribution in [2.24, 2.45) is 5.92 Å². The number of ketones is 2. The van der Waals surface area contributed by atoms with Gasteiger partial charge in [0.05, 0.1) is 38.2 Å². The molecule has 2 unspecified atom stereocenters. The number of carbonyl (C=O) groups is 3. The summed E-state index contributed by atoms with van der Waals surface area (Å²) in [5.74, 6) is -3.03. The highest BCUT2D eigenvalue weighted by molar-refractivity contribution is 6.44. The van der Waals surface area contributed by atoms with Crippen LogP contribution in [0.25, 0.3) is 0 Å².